The minimum absolute atomic E-state index is 0.139. The van der Waals surface area contributed by atoms with E-state index in [1.165, 1.54) is 24.3 Å². The maximum absolute atomic E-state index is 13.7. The molecule has 150 valence electrons. The van der Waals surface area contributed by atoms with E-state index in [0.717, 1.165) is 12.8 Å². The van der Waals surface area contributed by atoms with Gasteiger partial charge in [0, 0.05) is 11.7 Å². The number of sulfonamides is 1. The van der Waals surface area contributed by atoms with Gasteiger partial charge in [0.05, 0.1) is 10.3 Å². The van der Waals surface area contributed by atoms with E-state index in [4.69, 9.17) is 0 Å². The summed E-state index contributed by atoms with van der Waals surface area (Å²) in [5.74, 6) is -0.546. The molecular formula is C21H25FN2O3S. The van der Waals surface area contributed by atoms with Gasteiger partial charge < -0.3 is 5.32 Å². The molecule has 0 spiro atoms. The second-order valence-electron chi connectivity index (χ2n) is 7.55. The first-order valence-electron chi connectivity index (χ1n) is 9.43. The fourth-order valence-electron chi connectivity index (χ4n) is 3.76. The molecule has 0 unspecified atom stereocenters. The van der Waals surface area contributed by atoms with E-state index in [9.17, 15) is 17.6 Å². The van der Waals surface area contributed by atoms with Crippen molar-refractivity contribution in [2.75, 3.05) is 5.32 Å². The molecule has 3 rings (SSSR count). The number of carbonyl (C=O) groups excluding carboxylic acids is 1. The van der Waals surface area contributed by atoms with Crippen LogP contribution in [-0.2, 0) is 20.2 Å². The van der Waals surface area contributed by atoms with Crippen LogP contribution in [0.15, 0.2) is 53.4 Å². The molecule has 0 saturated heterocycles. The Balaban J connectivity index is 1.82. The Kier molecular flexibility index (Phi) is 5.86. The Morgan fingerprint density at radius 3 is 2.29 bits per heavy atom. The van der Waals surface area contributed by atoms with Crippen LogP contribution in [0.3, 0.4) is 0 Å². The molecule has 0 atom stereocenters. The Morgan fingerprint density at radius 2 is 1.71 bits per heavy atom. The number of hydrogen-bond acceptors (Lipinski definition) is 3. The first-order valence-corrected chi connectivity index (χ1v) is 10.9. The van der Waals surface area contributed by atoms with Crippen molar-refractivity contribution in [3.05, 3.63) is 59.9 Å². The van der Waals surface area contributed by atoms with Crippen LogP contribution in [0, 0.1) is 5.82 Å². The lowest BCUT2D eigenvalue weighted by Crippen LogP contribution is -2.38. The minimum atomic E-state index is -3.58. The molecule has 7 heteroatoms. The molecule has 0 heterocycles. The van der Waals surface area contributed by atoms with Crippen molar-refractivity contribution in [1.29, 1.82) is 0 Å². The van der Waals surface area contributed by atoms with Crippen LogP contribution < -0.4 is 10.0 Å². The van der Waals surface area contributed by atoms with E-state index in [2.05, 4.69) is 10.0 Å². The standard InChI is InChI=1S/C21H25FN2O3S/c1-15(2)24-28(26,27)19-10-8-18(9-11-19)23-20(25)21(12-3-4-13-21)16-6-5-7-17(22)14-16/h5-11,14-15,24H,3-4,12-13H2,1-2H3,(H,23,25). The fourth-order valence-corrected chi connectivity index (χ4v) is 5.01. The van der Waals surface area contributed by atoms with Crippen LogP contribution in [0.4, 0.5) is 10.1 Å². The summed E-state index contributed by atoms with van der Waals surface area (Å²) in [5.41, 5.74) is 0.436. The highest BCUT2D eigenvalue weighted by atomic mass is 32.2. The third-order valence-electron chi connectivity index (χ3n) is 5.08. The van der Waals surface area contributed by atoms with E-state index in [-0.39, 0.29) is 22.7 Å². The third kappa shape index (κ3) is 4.25. The van der Waals surface area contributed by atoms with Crippen LogP contribution in [0.1, 0.15) is 45.1 Å². The molecule has 1 amide bonds. The predicted octanol–water partition coefficient (Wildman–Crippen LogP) is 3.96. The molecule has 1 aliphatic carbocycles. The molecule has 5 nitrogen and oxygen atoms in total. The van der Waals surface area contributed by atoms with Gasteiger partial charge in [0.15, 0.2) is 0 Å². The monoisotopic (exact) mass is 404 g/mol. The zero-order chi connectivity index (χ0) is 20.4. The summed E-state index contributed by atoms with van der Waals surface area (Å²) in [6, 6.07) is 12.1. The summed E-state index contributed by atoms with van der Waals surface area (Å²) in [5, 5.41) is 2.89. The molecule has 28 heavy (non-hydrogen) atoms. The van der Waals surface area contributed by atoms with Crippen molar-refractivity contribution in [3.8, 4) is 0 Å². The molecule has 1 saturated carbocycles. The van der Waals surface area contributed by atoms with Crippen LogP contribution in [0.25, 0.3) is 0 Å². The van der Waals surface area contributed by atoms with Gasteiger partial charge in [0.1, 0.15) is 5.82 Å². The van der Waals surface area contributed by atoms with Crippen molar-refractivity contribution < 1.29 is 17.6 Å². The summed E-state index contributed by atoms with van der Waals surface area (Å²) < 4.78 is 40.7. The predicted molar refractivity (Wildman–Crippen MR) is 107 cm³/mol. The number of nitrogens with one attached hydrogen (secondary N) is 2. The highest BCUT2D eigenvalue weighted by Crippen LogP contribution is 2.42. The van der Waals surface area contributed by atoms with Crippen LogP contribution >= 0.6 is 0 Å². The Labute approximate surface area is 165 Å². The highest BCUT2D eigenvalue weighted by molar-refractivity contribution is 7.89. The van der Waals surface area contributed by atoms with E-state index < -0.39 is 15.4 Å². The van der Waals surface area contributed by atoms with Gasteiger partial charge in [-0.25, -0.2) is 17.5 Å². The smallest absolute Gasteiger partial charge is 0.240 e. The number of amides is 1. The van der Waals surface area contributed by atoms with Crippen LogP contribution in [0.5, 0.6) is 0 Å². The van der Waals surface area contributed by atoms with Gasteiger partial charge in [-0.15, -0.1) is 0 Å². The molecule has 2 aromatic carbocycles. The summed E-state index contributed by atoms with van der Waals surface area (Å²) in [4.78, 5) is 13.3. The third-order valence-corrected chi connectivity index (χ3v) is 6.76. The van der Waals surface area contributed by atoms with E-state index in [1.54, 1.807) is 38.1 Å². The summed E-state index contributed by atoms with van der Waals surface area (Å²) >= 11 is 0. The highest BCUT2D eigenvalue weighted by Gasteiger charge is 2.42. The largest absolute Gasteiger partial charge is 0.325 e. The average molecular weight is 405 g/mol. The van der Waals surface area contributed by atoms with E-state index >= 15 is 0 Å². The molecule has 1 aliphatic rings. The van der Waals surface area contributed by atoms with Crippen LogP contribution in [-0.4, -0.2) is 20.4 Å². The van der Waals surface area contributed by atoms with Gasteiger partial charge in [-0.05, 0) is 68.7 Å². The lowest BCUT2D eigenvalue weighted by atomic mass is 9.78. The van der Waals surface area contributed by atoms with E-state index in [0.29, 0.717) is 24.1 Å². The van der Waals surface area contributed by atoms with Crippen molar-refractivity contribution in [2.24, 2.45) is 0 Å². The van der Waals surface area contributed by atoms with Gasteiger partial charge in [0.2, 0.25) is 15.9 Å². The zero-order valence-electron chi connectivity index (χ0n) is 16.0. The number of carbonyl (C=O) groups is 1. The second-order valence-corrected chi connectivity index (χ2v) is 9.27. The second kappa shape index (κ2) is 8.01. The zero-order valence-corrected chi connectivity index (χ0v) is 16.9. The number of halogens is 1. The Morgan fingerprint density at radius 1 is 1.07 bits per heavy atom. The minimum Gasteiger partial charge on any atom is -0.325 e. The van der Waals surface area contributed by atoms with Crippen molar-refractivity contribution in [2.45, 2.75) is 55.9 Å². The molecule has 0 radical (unpaired) electrons. The molecule has 2 N–H and O–H groups in total. The summed E-state index contributed by atoms with van der Waals surface area (Å²) in [7, 11) is -3.58. The normalized spacial score (nSPS) is 16.3. The summed E-state index contributed by atoms with van der Waals surface area (Å²) in [6.45, 7) is 3.50. The number of rotatable bonds is 6. The molecular weight excluding hydrogens is 379 g/mol. The lowest BCUT2D eigenvalue weighted by molar-refractivity contribution is -0.121. The van der Waals surface area contributed by atoms with Gasteiger partial charge in [-0.1, -0.05) is 25.0 Å². The first-order chi connectivity index (χ1) is 13.2. The number of benzene rings is 2. The molecule has 0 aliphatic heterocycles. The van der Waals surface area contributed by atoms with Gasteiger partial charge in [0.25, 0.3) is 0 Å². The SMILES string of the molecule is CC(C)NS(=O)(=O)c1ccc(NC(=O)C2(c3cccc(F)c3)CCCC2)cc1. The molecule has 2 aromatic rings. The number of anilines is 1. The number of hydrogen-bond donors (Lipinski definition) is 2. The molecule has 0 aromatic heterocycles. The lowest BCUT2D eigenvalue weighted by Gasteiger charge is -2.28. The van der Waals surface area contributed by atoms with Gasteiger partial charge in [-0.3, -0.25) is 4.79 Å². The Bertz CT molecular complexity index is 950. The first kappa shape index (κ1) is 20.5. The average Bonchev–Trinajstić information content (AvgIpc) is 3.12. The molecule has 1 fully saturated rings. The summed E-state index contributed by atoms with van der Waals surface area (Å²) in [6.07, 6.45) is 3.13. The van der Waals surface area contributed by atoms with Crippen LogP contribution in [0.2, 0.25) is 0 Å². The fraction of sp³-hybridized carbons (Fsp3) is 0.381. The quantitative estimate of drug-likeness (QED) is 0.765. The molecule has 0 bridgehead atoms. The maximum atomic E-state index is 13.7. The maximum Gasteiger partial charge on any atom is 0.240 e. The van der Waals surface area contributed by atoms with Crippen molar-refractivity contribution >= 4 is 21.6 Å². The van der Waals surface area contributed by atoms with Crippen molar-refractivity contribution in [3.63, 3.8) is 0 Å². The van der Waals surface area contributed by atoms with Gasteiger partial charge >= 0.3 is 0 Å². The van der Waals surface area contributed by atoms with E-state index in [1.807, 2.05) is 0 Å². The van der Waals surface area contributed by atoms with Gasteiger partial charge in [-0.2, -0.15) is 0 Å². The Hall–Kier alpha value is -2.25. The van der Waals surface area contributed by atoms with Crippen molar-refractivity contribution in [1.82, 2.24) is 4.72 Å². The topological polar surface area (TPSA) is 75.3 Å².